The highest BCUT2D eigenvalue weighted by molar-refractivity contribution is 5.93. The zero-order valence-electron chi connectivity index (χ0n) is 13.6. The number of carbonyl (C=O) groups is 1. The average molecular weight is 331 g/mol. The van der Waals surface area contributed by atoms with E-state index < -0.39 is 0 Å². The maximum atomic E-state index is 12.8. The topological polar surface area (TPSA) is 74.8 Å². The molecule has 2 aliphatic rings. The first kappa shape index (κ1) is 14.3. The van der Waals surface area contributed by atoms with Crippen molar-refractivity contribution >= 4 is 5.91 Å². The van der Waals surface area contributed by atoms with Crippen molar-refractivity contribution < 1.29 is 4.79 Å². The third kappa shape index (κ3) is 2.25. The number of rotatable bonds is 2. The molecule has 1 saturated heterocycles. The second-order valence-corrected chi connectivity index (χ2v) is 6.60. The molecule has 5 rings (SSSR count). The van der Waals surface area contributed by atoms with E-state index >= 15 is 0 Å². The summed E-state index contributed by atoms with van der Waals surface area (Å²) in [6, 6.07) is 12.0. The highest BCUT2D eigenvalue weighted by Crippen LogP contribution is 2.43. The molecule has 0 saturated carbocycles. The average Bonchev–Trinajstić information content (AvgIpc) is 3.29. The summed E-state index contributed by atoms with van der Waals surface area (Å²) in [6.45, 7) is 0. The summed E-state index contributed by atoms with van der Waals surface area (Å²) in [5, 5.41) is 6.69. The van der Waals surface area contributed by atoms with Crippen molar-refractivity contribution in [3.05, 3.63) is 65.7 Å². The molecule has 124 valence electrons. The van der Waals surface area contributed by atoms with Gasteiger partial charge in [0.15, 0.2) is 5.82 Å². The summed E-state index contributed by atoms with van der Waals surface area (Å²) in [5.74, 6) is 0.773. The van der Waals surface area contributed by atoms with Crippen LogP contribution in [0.2, 0.25) is 0 Å². The van der Waals surface area contributed by atoms with Crippen LogP contribution in [-0.4, -0.2) is 37.0 Å². The summed E-state index contributed by atoms with van der Waals surface area (Å²) in [5.41, 5.74) is 3.73. The molecule has 0 unspecified atom stereocenters. The van der Waals surface area contributed by atoms with Crippen molar-refractivity contribution in [3.63, 3.8) is 0 Å². The number of hydrogen-bond donors (Lipinski definition) is 1. The van der Waals surface area contributed by atoms with E-state index in [-0.39, 0.29) is 18.0 Å². The molecule has 4 heterocycles. The van der Waals surface area contributed by atoms with E-state index in [2.05, 4.69) is 15.2 Å². The highest BCUT2D eigenvalue weighted by atomic mass is 16.2. The highest BCUT2D eigenvalue weighted by Gasteiger charge is 2.44. The molecule has 2 aromatic heterocycles. The lowest BCUT2D eigenvalue weighted by Gasteiger charge is -2.35. The second kappa shape index (κ2) is 5.51. The van der Waals surface area contributed by atoms with Crippen LogP contribution in [0.4, 0.5) is 0 Å². The second-order valence-electron chi connectivity index (χ2n) is 6.60. The molecule has 6 nitrogen and oxygen atoms in total. The number of aromatic nitrogens is 4. The van der Waals surface area contributed by atoms with Crippen molar-refractivity contribution in [2.75, 3.05) is 0 Å². The number of nitrogens with zero attached hydrogens (tertiary/aromatic N) is 4. The minimum Gasteiger partial charge on any atom is -0.327 e. The number of fused-ring (bicyclic) bond motifs is 4. The normalized spacial score (nSPS) is 21.2. The lowest BCUT2D eigenvalue weighted by molar-refractivity contribution is 0.0637. The Morgan fingerprint density at radius 3 is 2.84 bits per heavy atom. The number of benzene rings is 1. The Bertz CT molecular complexity index is 922. The van der Waals surface area contributed by atoms with E-state index in [0.29, 0.717) is 5.69 Å². The van der Waals surface area contributed by atoms with Crippen molar-refractivity contribution in [2.45, 2.75) is 31.3 Å². The van der Waals surface area contributed by atoms with Crippen LogP contribution in [0.15, 0.2) is 48.8 Å². The van der Waals surface area contributed by atoms with Gasteiger partial charge in [0.05, 0.1) is 11.7 Å². The molecule has 2 atom stereocenters. The molecule has 1 amide bonds. The van der Waals surface area contributed by atoms with Crippen LogP contribution in [0.5, 0.6) is 0 Å². The number of H-pyrrole nitrogens is 1. The quantitative estimate of drug-likeness (QED) is 0.783. The van der Waals surface area contributed by atoms with Crippen LogP contribution in [0.1, 0.15) is 40.6 Å². The molecule has 0 spiro atoms. The largest absolute Gasteiger partial charge is 0.327 e. The van der Waals surface area contributed by atoms with Gasteiger partial charge in [-0.15, -0.1) is 0 Å². The van der Waals surface area contributed by atoms with E-state index in [0.717, 1.165) is 41.9 Å². The van der Waals surface area contributed by atoms with Crippen LogP contribution in [-0.2, 0) is 6.42 Å². The summed E-state index contributed by atoms with van der Waals surface area (Å²) < 4.78 is 0. The van der Waals surface area contributed by atoms with Gasteiger partial charge >= 0.3 is 0 Å². The van der Waals surface area contributed by atoms with Gasteiger partial charge in [-0.2, -0.15) is 5.10 Å². The maximum Gasteiger partial charge on any atom is 0.272 e. The molecule has 6 heteroatoms. The van der Waals surface area contributed by atoms with E-state index in [1.165, 1.54) is 0 Å². The van der Waals surface area contributed by atoms with E-state index in [1.807, 2.05) is 41.4 Å². The molecule has 0 aliphatic carbocycles. The van der Waals surface area contributed by atoms with Crippen molar-refractivity contribution in [3.8, 4) is 11.4 Å². The van der Waals surface area contributed by atoms with Crippen LogP contribution < -0.4 is 0 Å². The van der Waals surface area contributed by atoms with Crippen LogP contribution in [0.25, 0.3) is 11.4 Å². The fourth-order valence-electron chi connectivity index (χ4n) is 4.03. The minimum atomic E-state index is 0.0165. The van der Waals surface area contributed by atoms with Gasteiger partial charge in [-0.3, -0.25) is 9.89 Å². The molecule has 3 aromatic rings. The summed E-state index contributed by atoms with van der Waals surface area (Å²) in [4.78, 5) is 24.2. The molecule has 1 N–H and O–H groups in total. The first-order valence-corrected chi connectivity index (χ1v) is 8.54. The SMILES string of the molecule is O=C(c1ccn[nH]1)N1[C@H]2CC[C@@H]1c1cnc(-c3ccccc3)nc1C2. The summed E-state index contributed by atoms with van der Waals surface area (Å²) >= 11 is 0. The zero-order chi connectivity index (χ0) is 16.8. The Labute approximate surface area is 144 Å². The Kier molecular flexibility index (Phi) is 3.16. The van der Waals surface area contributed by atoms with Gasteiger partial charge in [-0.25, -0.2) is 9.97 Å². The number of aromatic amines is 1. The van der Waals surface area contributed by atoms with Crippen LogP contribution >= 0.6 is 0 Å². The number of carbonyl (C=O) groups excluding carboxylic acids is 1. The number of nitrogens with one attached hydrogen (secondary N) is 1. The number of hydrogen-bond acceptors (Lipinski definition) is 4. The Hall–Kier alpha value is -3.02. The minimum absolute atomic E-state index is 0.0165. The van der Waals surface area contributed by atoms with Gasteiger partial charge in [-0.05, 0) is 18.9 Å². The number of amides is 1. The van der Waals surface area contributed by atoms with E-state index in [4.69, 9.17) is 4.98 Å². The zero-order valence-corrected chi connectivity index (χ0v) is 13.6. The van der Waals surface area contributed by atoms with Gasteiger partial charge < -0.3 is 4.90 Å². The molecular formula is C19H17N5O. The van der Waals surface area contributed by atoms with E-state index in [9.17, 15) is 4.79 Å². The molecule has 1 aromatic carbocycles. The smallest absolute Gasteiger partial charge is 0.272 e. The lowest BCUT2D eigenvalue weighted by atomic mass is 9.98. The first-order chi connectivity index (χ1) is 12.3. The van der Waals surface area contributed by atoms with Crippen LogP contribution in [0, 0.1) is 0 Å². The summed E-state index contributed by atoms with van der Waals surface area (Å²) in [7, 11) is 0. The molecule has 1 fully saturated rings. The van der Waals surface area contributed by atoms with Gasteiger partial charge in [0.1, 0.15) is 5.69 Å². The Morgan fingerprint density at radius 2 is 2.04 bits per heavy atom. The molecular weight excluding hydrogens is 314 g/mol. The van der Waals surface area contributed by atoms with Gasteiger partial charge in [0.2, 0.25) is 0 Å². The third-order valence-electron chi connectivity index (χ3n) is 5.19. The first-order valence-electron chi connectivity index (χ1n) is 8.54. The standard InChI is InChI=1S/C19H17N5O/c25-19(15-8-9-21-23-15)24-13-6-7-17(24)14-11-20-18(22-16(14)10-13)12-4-2-1-3-5-12/h1-5,8-9,11,13,17H,6-7,10H2,(H,21,23)/t13-,17+/m0/s1. The molecule has 0 radical (unpaired) electrons. The van der Waals surface area contributed by atoms with Gasteiger partial charge in [-0.1, -0.05) is 30.3 Å². The fourth-order valence-corrected chi connectivity index (χ4v) is 4.03. The summed E-state index contributed by atoms with van der Waals surface area (Å²) in [6.07, 6.45) is 6.27. The van der Waals surface area contributed by atoms with E-state index in [1.54, 1.807) is 12.3 Å². The van der Waals surface area contributed by atoms with Gasteiger partial charge in [0, 0.05) is 36.0 Å². The Morgan fingerprint density at radius 1 is 1.16 bits per heavy atom. The third-order valence-corrected chi connectivity index (χ3v) is 5.19. The van der Waals surface area contributed by atoms with Crippen molar-refractivity contribution in [1.82, 2.24) is 25.1 Å². The molecule has 2 aliphatic heterocycles. The molecule has 25 heavy (non-hydrogen) atoms. The Balaban J connectivity index is 1.52. The monoisotopic (exact) mass is 331 g/mol. The fraction of sp³-hybridized carbons (Fsp3) is 0.263. The lowest BCUT2D eigenvalue weighted by Crippen LogP contribution is -2.42. The van der Waals surface area contributed by atoms with Crippen LogP contribution in [0.3, 0.4) is 0 Å². The molecule has 2 bridgehead atoms. The maximum absolute atomic E-state index is 12.8. The predicted octanol–water partition coefficient (Wildman–Crippen LogP) is 2.77. The predicted molar refractivity (Wildman–Crippen MR) is 91.7 cm³/mol. The van der Waals surface area contributed by atoms with Crippen molar-refractivity contribution in [2.24, 2.45) is 0 Å². The van der Waals surface area contributed by atoms with Crippen molar-refractivity contribution in [1.29, 1.82) is 0 Å². The van der Waals surface area contributed by atoms with Gasteiger partial charge in [0.25, 0.3) is 5.91 Å².